The Labute approximate surface area is 124 Å². The molecule has 2 aromatic heterocycles. The Morgan fingerprint density at radius 1 is 1.48 bits per heavy atom. The van der Waals surface area contributed by atoms with Crippen LogP contribution in [0.3, 0.4) is 0 Å². The van der Waals surface area contributed by atoms with E-state index in [0.29, 0.717) is 19.5 Å². The minimum Gasteiger partial charge on any atom is -0.481 e. The topological polar surface area (TPSA) is 57.8 Å². The molecule has 1 aliphatic rings. The zero-order valence-corrected chi connectivity index (χ0v) is 12.5. The number of likely N-dealkylation sites (tertiary alicyclic amines) is 1. The summed E-state index contributed by atoms with van der Waals surface area (Å²) in [7, 11) is 0. The van der Waals surface area contributed by atoms with Gasteiger partial charge in [0.05, 0.1) is 11.1 Å². The first-order valence-electron chi connectivity index (χ1n) is 7.40. The maximum absolute atomic E-state index is 11.7. The predicted molar refractivity (Wildman–Crippen MR) is 80.0 cm³/mol. The van der Waals surface area contributed by atoms with Crippen LogP contribution in [-0.2, 0) is 11.3 Å². The van der Waals surface area contributed by atoms with Gasteiger partial charge in [-0.3, -0.25) is 9.69 Å². The summed E-state index contributed by atoms with van der Waals surface area (Å²) in [6.45, 7) is 6.14. The number of aromatic nitrogens is 2. The lowest BCUT2D eigenvalue weighted by Crippen LogP contribution is -2.39. The SMILES string of the molecule is CC(C)C1(C(=O)O)CCN(Cc2cn3ccccc3n2)C1. The van der Waals surface area contributed by atoms with Crippen molar-refractivity contribution in [3.8, 4) is 0 Å². The number of hydrogen-bond acceptors (Lipinski definition) is 3. The molecule has 3 rings (SSSR count). The van der Waals surface area contributed by atoms with E-state index in [4.69, 9.17) is 0 Å². The van der Waals surface area contributed by atoms with Gasteiger partial charge in [-0.25, -0.2) is 4.98 Å². The number of pyridine rings is 1. The highest BCUT2D eigenvalue weighted by atomic mass is 16.4. The Bertz CT molecular complexity index is 631. The molecule has 1 unspecified atom stereocenters. The average molecular weight is 287 g/mol. The number of aliphatic carboxylic acids is 1. The smallest absolute Gasteiger partial charge is 0.311 e. The summed E-state index contributed by atoms with van der Waals surface area (Å²) in [5, 5.41) is 9.59. The Hall–Kier alpha value is -1.88. The summed E-state index contributed by atoms with van der Waals surface area (Å²) >= 11 is 0. The highest BCUT2D eigenvalue weighted by Crippen LogP contribution is 2.38. The van der Waals surface area contributed by atoms with Gasteiger partial charge in [0, 0.05) is 25.5 Å². The van der Waals surface area contributed by atoms with E-state index in [-0.39, 0.29) is 5.92 Å². The van der Waals surface area contributed by atoms with Crippen molar-refractivity contribution in [2.75, 3.05) is 13.1 Å². The van der Waals surface area contributed by atoms with E-state index >= 15 is 0 Å². The maximum atomic E-state index is 11.7. The third kappa shape index (κ3) is 2.42. The fourth-order valence-electron chi connectivity index (χ4n) is 3.23. The van der Waals surface area contributed by atoms with Crippen molar-refractivity contribution in [3.05, 3.63) is 36.3 Å². The second-order valence-electron chi connectivity index (χ2n) is 6.27. The van der Waals surface area contributed by atoms with E-state index in [9.17, 15) is 9.90 Å². The van der Waals surface area contributed by atoms with Crippen molar-refractivity contribution in [3.63, 3.8) is 0 Å². The third-order valence-electron chi connectivity index (χ3n) is 4.71. The van der Waals surface area contributed by atoms with Crippen LogP contribution >= 0.6 is 0 Å². The fourth-order valence-corrected chi connectivity index (χ4v) is 3.23. The van der Waals surface area contributed by atoms with Crippen LogP contribution in [0.5, 0.6) is 0 Å². The van der Waals surface area contributed by atoms with Crippen LogP contribution in [0.2, 0.25) is 0 Å². The maximum Gasteiger partial charge on any atom is 0.311 e. The van der Waals surface area contributed by atoms with Crippen molar-refractivity contribution >= 4 is 11.6 Å². The van der Waals surface area contributed by atoms with Crippen molar-refractivity contribution in [2.24, 2.45) is 11.3 Å². The number of carboxylic acid groups (broad SMARTS) is 1. The van der Waals surface area contributed by atoms with Gasteiger partial charge in [-0.1, -0.05) is 19.9 Å². The summed E-state index contributed by atoms with van der Waals surface area (Å²) in [5.41, 5.74) is 1.31. The molecule has 21 heavy (non-hydrogen) atoms. The number of fused-ring (bicyclic) bond motifs is 1. The van der Waals surface area contributed by atoms with Gasteiger partial charge >= 0.3 is 5.97 Å². The number of carboxylic acids is 1. The molecule has 0 radical (unpaired) electrons. The highest BCUT2D eigenvalue weighted by Gasteiger charge is 2.47. The number of imidazole rings is 1. The molecule has 1 saturated heterocycles. The van der Waals surface area contributed by atoms with Crippen LogP contribution in [0, 0.1) is 11.3 Å². The normalized spacial score (nSPS) is 23.2. The molecule has 1 N–H and O–H groups in total. The molecule has 0 aliphatic carbocycles. The lowest BCUT2D eigenvalue weighted by atomic mass is 9.76. The molecule has 2 aromatic rings. The van der Waals surface area contributed by atoms with Gasteiger partial charge in [0.15, 0.2) is 0 Å². The lowest BCUT2D eigenvalue weighted by molar-refractivity contribution is -0.151. The number of nitrogens with zero attached hydrogens (tertiary/aromatic N) is 3. The molecule has 1 fully saturated rings. The molecule has 1 atom stereocenters. The minimum atomic E-state index is -0.671. The Kier molecular flexibility index (Phi) is 3.45. The van der Waals surface area contributed by atoms with E-state index in [1.165, 1.54) is 0 Å². The lowest BCUT2D eigenvalue weighted by Gasteiger charge is -2.28. The summed E-state index contributed by atoms with van der Waals surface area (Å²) in [6, 6.07) is 5.92. The van der Waals surface area contributed by atoms with Crippen molar-refractivity contribution in [2.45, 2.75) is 26.8 Å². The largest absolute Gasteiger partial charge is 0.481 e. The van der Waals surface area contributed by atoms with Crippen LogP contribution in [0.25, 0.3) is 5.65 Å². The molecule has 1 aliphatic heterocycles. The van der Waals surface area contributed by atoms with E-state index in [1.807, 2.05) is 48.8 Å². The zero-order valence-electron chi connectivity index (χ0n) is 12.5. The van der Waals surface area contributed by atoms with Gasteiger partial charge in [-0.05, 0) is 31.0 Å². The first-order chi connectivity index (χ1) is 10.0. The van der Waals surface area contributed by atoms with Gasteiger partial charge in [-0.2, -0.15) is 0 Å². The summed E-state index contributed by atoms with van der Waals surface area (Å²) in [4.78, 5) is 18.4. The zero-order chi connectivity index (χ0) is 15.0. The third-order valence-corrected chi connectivity index (χ3v) is 4.71. The second kappa shape index (κ2) is 5.15. The van der Waals surface area contributed by atoms with Crippen molar-refractivity contribution in [1.82, 2.24) is 14.3 Å². The quantitative estimate of drug-likeness (QED) is 0.937. The molecule has 3 heterocycles. The standard InChI is InChI=1S/C16H21N3O2/c1-12(2)16(15(20)21)6-8-18(11-16)9-13-10-19-7-4-3-5-14(19)17-13/h3-5,7,10,12H,6,8-9,11H2,1-2H3,(H,20,21). The van der Waals surface area contributed by atoms with Crippen LogP contribution in [0.15, 0.2) is 30.6 Å². The first-order valence-corrected chi connectivity index (χ1v) is 7.40. The molecule has 5 nitrogen and oxygen atoms in total. The summed E-state index contributed by atoms with van der Waals surface area (Å²) < 4.78 is 2.00. The number of rotatable bonds is 4. The van der Waals surface area contributed by atoms with Crippen LogP contribution in [0.4, 0.5) is 0 Å². The van der Waals surface area contributed by atoms with E-state index < -0.39 is 11.4 Å². The molecule has 0 bridgehead atoms. The molecular weight excluding hydrogens is 266 g/mol. The summed E-state index contributed by atoms with van der Waals surface area (Å²) in [5.74, 6) is -0.531. The van der Waals surface area contributed by atoms with Crippen LogP contribution in [-0.4, -0.2) is 38.4 Å². The Balaban J connectivity index is 1.76. The van der Waals surface area contributed by atoms with E-state index in [0.717, 1.165) is 17.9 Å². The Morgan fingerprint density at radius 3 is 2.90 bits per heavy atom. The van der Waals surface area contributed by atoms with Crippen LogP contribution in [0.1, 0.15) is 26.0 Å². The minimum absolute atomic E-state index is 0.140. The average Bonchev–Trinajstić information content (AvgIpc) is 3.02. The van der Waals surface area contributed by atoms with Gasteiger partial charge in [0.2, 0.25) is 0 Å². The van der Waals surface area contributed by atoms with Gasteiger partial charge in [0.25, 0.3) is 0 Å². The molecule has 5 heteroatoms. The van der Waals surface area contributed by atoms with Gasteiger partial charge in [-0.15, -0.1) is 0 Å². The first kappa shape index (κ1) is 14.1. The van der Waals surface area contributed by atoms with E-state index in [1.54, 1.807) is 0 Å². The molecule has 0 saturated carbocycles. The predicted octanol–water partition coefficient (Wildman–Crippen LogP) is 2.27. The molecule has 0 amide bonds. The fraction of sp³-hybridized carbons (Fsp3) is 0.500. The van der Waals surface area contributed by atoms with Crippen LogP contribution < -0.4 is 0 Å². The van der Waals surface area contributed by atoms with Crippen molar-refractivity contribution < 1.29 is 9.90 Å². The van der Waals surface area contributed by atoms with Crippen molar-refractivity contribution in [1.29, 1.82) is 0 Å². The molecule has 112 valence electrons. The second-order valence-corrected chi connectivity index (χ2v) is 6.27. The number of carbonyl (C=O) groups is 1. The molecule has 0 spiro atoms. The van der Waals surface area contributed by atoms with Gasteiger partial charge < -0.3 is 9.51 Å². The summed E-state index contributed by atoms with van der Waals surface area (Å²) in [6.07, 6.45) is 4.71. The Morgan fingerprint density at radius 2 is 2.29 bits per heavy atom. The molecule has 0 aromatic carbocycles. The highest BCUT2D eigenvalue weighted by molar-refractivity contribution is 5.75. The monoisotopic (exact) mass is 287 g/mol. The molecular formula is C16H21N3O2. The van der Waals surface area contributed by atoms with E-state index in [2.05, 4.69) is 9.88 Å². The van der Waals surface area contributed by atoms with Gasteiger partial charge in [0.1, 0.15) is 5.65 Å². The number of hydrogen-bond donors (Lipinski definition) is 1.